The maximum absolute atomic E-state index is 12.4. The topological polar surface area (TPSA) is 63.6 Å². The summed E-state index contributed by atoms with van der Waals surface area (Å²) in [6.07, 6.45) is 0. The molecule has 0 bridgehead atoms. The van der Waals surface area contributed by atoms with E-state index in [1.807, 2.05) is 0 Å². The first-order valence-corrected chi connectivity index (χ1v) is 6.36. The van der Waals surface area contributed by atoms with Crippen LogP contribution in [-0.4, -0.2) is 16.9 Å². The smallest absolute Gasteiger partial charge is 0.308 e. The lowest BCUT2D eigenvalue weighted by molar-refractivity contribution is -0.136. The Bertz CT molecular complexity index is 672. The molecule has 0 aromatic heterocycles. The van der Waals surface area contributed by atoms with Crippen LogP contribution in [0.3, 0.4) is 0 Å². The third-order valence-electron chi connectivity index (χ3n) is 2.75. The van der Waals surface area contributed by atoms with E-state index in [0.29, 0.717) is 11.1 Å². The fraction of sp³-hybridized carbons (Fsp3) is 0.0588. The maximum Gasteiger partial charge on any atom is 0.308 e. The van der Waals surface area contributed by atoms with Crippen LogP contribution in [0.1, 0.15) is 22.8 Å². The van der Waals surface area contributed by atoms with E-state index in [0.717, 1.165) is 0 Å². The van der Waals surface area contributed by atoms with Crippen molar-refractivity contribution >= 4 is 17.5 Å². The number of allylic oxidation sites excluding steroid dienone is 1. The molecule has 2 rings (SSSR count). The second-order valence-corrected chi connectivity index (χ2v) is 4.33. The number of carbonyl (C=O) groups excluding carboxylic acids is 2. The molecule has 106 valence electrons. The SMILES string of the molecule is CC(=O)OC(C(=O)c1ccccc1)=C(O)c1ccccc1. The first kappa shape index (κ1) is 14.5. The summed E-state index contributed by atoms with van der Waals surface area (Å²) in [5, 5.41) is 10.2. The van der Waals surface area contributed by atoms with Gasteiger partial charge in [-0.3, -0.25) is 9.59 Å². The van der Waals surface area contributed by atoms with Gasteiger partial charge in [-0.25, -0.2) is 0 Å². The second-order valence-electron chi connectivity index (χ2n) is 4.33. The molecule has 4 heteroatoms. The molecule has 0 aliphatic heterocycles. The normalized spacial score (nSPS) is 11.5. The lowest BCUT2D eigenvalue weighted by Gasteiger charge is -2.09. The number of ether oxygens (including phenoxy) is 1. The van der Waals surface area contributed by atoms with E-state index in [-0.39, 0.29) is 11.5 Å². The third-order valence-corrected chi connectivity index (χ3v) is 2.75. The number of aliphatic hydroxyl groups excluding tert-OH is 1. The first-order valence-electron chi connectivity index (χ1n) is 6.36. The molecule has 21 heavy (non-hydrogen) atoms. The molecule has 0 aliphatic carbocycles. The van der Waals surface area contributed by atoms with Crippen molar-refractivity contribution in [2.45, 2.75) is 6.92 Å². The van der Waals surface area contributed by atoms with Crippen LogP contribution < -0.4 is 0 Å². The zero-order chi connectivity index (χ0) is 15.2. The second kappa shape index (κ2) is 6.52. The molecule has 0 amide bonds. The minimum Gasteiger partial charge on any atom is -0.504 e. The summed E-state index contributed by atoms with van der Waals surface area (Å²) in [5.41, 5.74) is 0.731. The van der Waals surface area contributed by atoms with Crippen LogP contribution in [0.2, 0.25) is 0 Å². The Morgan fingerprint density at radius 1 is 0.857 bits per heavy atom. The number of benzene rings is 2. The van der Waals surface area contributed by atoms with E-state index < -0.39 is 11.8 Å². The summed E-state index contributed by atoms with van der Waals surface area (Å²) in [6.45, 7) is 1.18. The molecule has 0 atom stereocenters. The van der Waals surface area contributed by atoms with Crippen LogP contribution in [0.25, 0.3) is 5.76 Å². The molecule has 0 saturated heterocycles. The Morgan fingerprint density at radius 2 is 1.33 bits per heavy atom. The Labute approximate surface area is 122 Å². The summed E-state index contributed by atoms with van der Waals surface area (Å²) >= 11 is 0. The van der Waals surface area contributed by atoms with Crippen LogP contribution in [0.15, 0.2) is 66.4 Å². The standard InChI is InChI=1S/C17H14O4/c1-12(18)21-17(15(19)13-8-4-2-5-9-13)16(20)14-10-6-3-7-11-14/h2-11,19H,1H3. The van der Waals surface area contributed by atoms with Crippen molar-refractivity contribution in [1.82, 2.24) is 0 Å². The highest BCUT2D eigenvalue weighted by atomic mass is 16.5. The Morgan fingerprint density at radius 3 is 1.81 bits per heavy atom. The number of ketones is 1. The van der Waals surface area contributed by atoms with Crippen molar-refractivity contribution in [1.29, 1.82) is 0 Å². The molecule has 2 aromatic rings. The molecule has 2 aromatic carbocycles. The molecule has 0 spiro atoms. The molecule has 0 radical (unpaired) electrons. The van der Waals surface area contributed by atoms with E-state index in [2.05, 4.69) is 0 Å². The number of carbonyl (C=O) groups is 2. The van der Waals surface area contributed by atoms with Crippen molar-refractivity contribution in [3.63, 3.8) is 0 Å². The van der Waals surface area contributed by atoms with Gasteiger partial charge in [0.25, 0.3) is 0 Å². The van der Waals surface area contributed by atoms with Gasteiger partial charge in [-0.1, -0.05) is 60.7 Å². The van der Waals surface area contributed by atoms with Gasteiger partial charge in [-0.2, -0.15) is 0 Å². The van der Waals surface area contributed by atoms with Gasteiger partial charge in [-0.15, -0.1) is 0 Å². The van der Waals surface area contributed by atoms with Gasteiger partial charge in [0.1, 0.15) is 0 Å². The summed E-state index contributed by atoms with van der Waals surface area (Å²) in [6, 6.07) is 16.8. The van der Waals surface area contributed by atoms with Crippen LogP contribution in [0.4, 0.5) is 0 Å². The van der Waals surface area contributed by atoms with Crippen molar-refractivity contribution in [3.8, 4) is 0 Å². The minimum absolute atomic E-state index is 0.330. The van der Waals surface area contributed by atoms with Crippen molar-refractivity contribution in [2.24, 2.45) is 0 Å². The van der Waals surface area contributed by atoms with Gasteiger partial charge < -0.3 is 9.84 Å². The number of hydrogen-bond acceptors (Lipinski definition) is 4. The number of esters is 1. The number of hydrogen-bond donors (Lipinski definition) is 1. The van der Waals surface area contributed by atoms with Crippen molar-refractivity contribution in [3.05, 3.63) is 77.5 Å². The summed E-state index contributed by atoms with van der Waals surface area (Å²) < 4.78 is 4.92. The van der Waals surface area contributed by atoms with E-state index in [9.17, 15) is 14.7 Å². The summed E-state index contributed by atoms with van der Waals surface area (Å²) in [7, 11) is 0. The zero-order valence-corrected chi connectivity index (χ0v) is 11.4. The molecular formula is C17H14O4. The van der Waals surface area contributed by atoms with Gasteiger partial charge in [0.05, 0.1) is 0 Å². The van der Waals surface area contributed by atoms with Gasteiger partial charge in [0, 0.05) is 18.1 Å². The lowest BCUT2D eigenvalue weighted by atomic mass is 10.1. The molecule has 1 N–H and O–H groups in total. The fourth-order valence-corrected chi connectivity index (χ4v) is 1.79. The number of Topliss-reactive ketones (excluding diaryl/α,β-unsaturated/α-hetero) is 1. The van der Waals surface area contributed by atoms with Crippen molar-refractivity contribution < 1.29 is 19.4 Å². The van der Waals surface area contributed by atoms with Gasteiger partial charge in [0.2, 0.25) is 11.5 Å². The first-order chi connectivity index (χ1) is 10.1. The predicted molar refractivity (Wildman–Crippen MR) is 78.5 cm³/mol. The predicted octanol–water partition coefficient (Wildman–Crippen LogP) is 3.36. The molecule has 4 nitrogen and oxygen atoms in total. The lowest BCUT2D eigenvalue weighted by Crippen LogP contribution is -2.12. The minimum atomic E-state index is -0.670. The van der Waals surface area contributed by atoms with Crippen LogP contribution >= 0.6 is 0 Å². The zero-order valence-electron chi connectivity index (χ0n) is 11.4. The average Bonchev–Trinajstić information content (AvgIpc) is 2.53. The van der Waals surface area contributed by atoms with E-state index in [1.54, 1.807) is 60.7 Å². The van der Waals surface area contributed by atoms with E-state index in [4.69, 9.17) is 4.74 Å². The fourth-order valence-electron chi connectivity index (χ4n) is 1.79. The number of aliphatic hydroxyl groups is 1. The van der Waals surface area contributed by atoms with Crippen LogP contribution in [0.5, 0.6) is 0 Å². The largest absolute Gasteiger partial charge is 0.504 e. The van der Waals surface area contributed by atoms with Crippen LogP contribution in [0, 0.1) is 0 Å². The van der Waals surface area contributed by atoms with Gasteiger partial charge in [0.15, 0.2) is 5.76 Å². The summed E-state index contributed by atoms with van der Waals surface area (Å²) in [5.74, 6) is -1.96. The highest BCUT2D eigenvalue weighted by Crippen LogP contribution is 2.20. The van der Waals surface area contributed by atoms with E-state index >= 15 is 0 Å². The molecule has 0 unspecified atom stereocenters. The molecule has 0 fully saturated rings. The average molecular weight is 282 g/mol. The molecule has 0 saturated carbocycles. The quantitative estimate of drug-likeness (QED) is 0.404. The van der Waals surface area contributed by atoms with Crippen molar-refractivity contribution in [2.75, 3.05) is 0 Å². The van der Waals surface area contributed by atoms with Crippen LogP contribution in [-0.2, 0) is 9.53 Å². The molecule has 0 aliphatic rings. The summed E-state index contributed by atoms with van der Waals surface area (Å²) in [4.78, 5) is 23.6. The third kappa shape index (κ3) is 3.57. The Balaban J connectivity index is 2.48. The maximum atomic E-state index is 12.4. The monoisotopic (exact) mass is 282 g/mol. The molecular weight excluding hydrogens is 268 g/mol. The van der Waals surface area contributed by atoms with Gasteiger partial charge in [-0.05, 0) is 0 Å². The molecule has 0 heterocycles. The highest BCUT2D eigenvalue weighted by Gasteiger charge is 2.21. The van der Waals surface area contributed by atoms with E-state index in [1.165, 1.54) is 6.92 Å². The number of rotatable bonds is 4. The Kier molecular flexibility index (Phi) is 4.51. The van der Waals surface area contributed by atoms with Gasteiger partial charge >= 0.3 is 5.97 Å². The Hall–Kier alpha value is -2.88. The highest BCUT2D eigenvalue weighted by molar-refractivity contribution is 6.11.